The first kappa shape index (κ1) is 20.2. The Morgan fingerprint density at radius 3 is 2.39 bits per heavy atom. The molecular formula is C19H17ClFN3O3S. The van der Waals surface area contributed by atoms with Crippen LogP contribution in [0.5, 0.6) is 0 Å². The number of H-pyrrole nitrogens is 1. The van der Waals surface area contributed by atoms with Crippen molar-refractivity contribution in [1.82, 2.24) is 14.7 Å². The van der Waals surface area contributed by atoms with Crippen molar-refractivity contribution >= 4 is 21.6 Å². The molecule has 0 aliphatic heterocycles. The Morgan fingerprint density at radius 1 is 1.14 bits per heavy atom. The number of rotatable bonds is 6. The molecule has 0 bridgehead atoms. The van der Waals surface area contributed by atoms with Gasteiger partial charge in [-0.25, -0.2) is 22.5 Å². The van der Waals surface area contributed by atoms with Crippen LogP contribution in [0.3, 0.4) is 0 Å². The van der Waals surface area contributed by atoms with Crippen molar-refractivity contribution in [1.29, 1.82) is 0 Å². The number of hydrogen-bond acceptors (Lipinski definition) is 4. The standard InChI is InChI=1S/C19H17ClFN3O3S/c1-12-22-16(11-19(25)23-12)10-18(13-2-6-15(21)7-3-13)24-28(26,27)17-8-4-14(20)5-9-17/h2-9,11,18,24H,10H2,1H3,(H,22,23,25)/t18-/m1/s1. The summed E-state index contributed by atoms with van der Waals surface area (Å²) in [4.78, 5) is 18.5. The summed E-state index contributed by atoms with van der Waals surface area (Å²) in [5, 5.41) is 0.414. The number of aromatic amines is 1. The molecule has 1 atom stereocenters. The number of nitrogens with zero attached hydrogens (tertiary/aromatic N) is 1. The fraction of sp³-hybridized carbons (Fsp3) is 0.158. The molecule has 146 valence electrons. The summed E-state index contributed by atoms with van der Waals surface area (Å²) < 4.78 is 41.5. The minimum absolute atomic E-state index is 0.0408. The van der Waals surface area contributed by atoms with Crippen molar-refractivity contribution in [2.45, 2.75) is 24.3 Å². The van der Waals surface area contributed by atoms with Crippen LogP contribution in [0, 0.1) is 12.7 Å². The van der Waals surface area contributed by atoms with E-state index in [1.165, 1.54) is 54.6 Å². The van der Waals surface area contributed by atoms with E-state index in [2.05, 4.69) is 14.7 Å². The maximum absolute atomic E-state index is 13.3. The number of benzene rings is 2. The molecule has 9 heteroatoms. The summed E-state index contributed by atoms with van der Waals surface area (Å²) in [6, 6.07) is 11.8. The molecule has 0 spiro atoms. The maximum atomic E-state index is 13.3. The van der Waals surface area contributed by atoms with Gasteiger partial charge in [0.25, 0.3) is 5.56 Å². The van der Waals surface area contributed by atoms with Crippen LogP contribution >= 0.6 is 11.6 Å². The first-order valence-corrected chi connectivity index (χ1v) is 10.2. The largest absolute Gasteiger partial charge is 0.311 e. The lowest BCUT2D eigenvalue weighted by Crippen LogP contribution is -2.30. The third kappa shape index (κ3) is 5.03. The molecule has 0 aliphatic carbocycles. The summed E-state index contributed by atoms with van der Waals surface area (Å²) in [5.41, 5.74) is 0.619. The summed E-state index contributed by atoms with van der Waals surface area (Å²) >= 11 is 5.82. The highest BCUT2D eigenvalue weighted by Crippen LogP contribution is 2.22. The quantitative estimate of drug-likeness (QED) is 0.639. The fourth-order valence-corrected chi connectivity index (χ4v) is 4.10. The number of nitrogens with one attached hydrogen (secondary N) is 2. The zero-order valence-electron chi connectivity index (χ0n) is 14.8. The van der Waals surface area contributed by atoms with Crippen LogP contribution in [0.15, 0.2) is 64.3 Å². The lowest BCUT2D eigenvalue weighted by Gasteiger charge is -2.19. The van der Waals surface area contributed by atoms with E-state index < -0.39 is 21.9 Å². The van der Waals surface area contributed by atoms with Crippen molar-refractivity contribution < 1.29 is 12.8 Å². The first-order chi connectivity index (χ1) is 13.2. The average molecular weight is 422 g/mol. The van der Waals surface area contributed by atoms with Crippen LogP contribution in [0.4, 0.5) is 4.39 Å². The number of hydrogen-bond donors (Lipinski definition) is 2. The van der Waals surface area contributed by atoms with E-state index in [9.17, 15) is 17.6 Å². The van der Waals surface area contributed by atoms with Crippen LogP contribution in [0.2, 0.25) is 5.02 Å². The highest BCUT2D eigenvalue weighted by atomic mass is 35.5. The third-order valence-electron chi connectivity index (χ3n) is 4.02. The minimum Gasteiger partial charge on any atom is -0.311 e. The number of halogens is 2. The van der Waals surface area contributed by atoms with Gasteiger partial charge in [-0.15, -0.1) is 0 Å². The number of sulfonamides is 1. The zero-order valence-corrected chi connectivity index (χ0v) is 16.4. The topological polar surface area (TPSA) is 91.9 Å². The van der Waals surface area contributed by atoms with Crippen molar-refractivity contribution in [3.8, 4) is 0 Å². The van der Waals surface area contributed by atoms with Crippen LogP contribution < -0.4 is 10.3 Å². The minimum atomic E-state index is -3.89. The van der Waals surface area contributed by atoms with Gasteiger partial charge in [0.15, 0.2) is 0 Å². The van der Waals surface area contributed by atoms with Gasteiger partial charge in [-0.2, -0.15) is 0 Å². The highest BCUT2D eigenvalue weighted by Gasteiger charge is 2.22. The Labute approximate surface area is 166 Å². The molecule has 0 saturated heterocycles. The third-order valence-corrected chi connectivity index (χ3v) is 5.76. The van der Waals surface area contributed by atoms with E-state index in [1.807, 2.05) is 0 Å². The van der Waals surface area contributed by atoms with Crippen LogP contribution in [0.1, 0.15) is 23.1 Å². The van der Waals surface area contributed by atoms with Gasteiger partial charge in [-0.1, -0.05) is 23.7 Å². The molecule has 0 aliphatic rings. The fourth-order valence-electron chi connectivity index (χ4n) is 2.75. The molecule has 0 amide bonds. The summed E-state index contributed by atoms with van der Waals surface area (Å²) in [5.74, 6) is -0.0194. The molecule has 2 aromatic carbocycles. The predicted molar refractivity (Wildman–Crippen MR) is 104 cm³/mol. The van der Waals surface area contributed by atoms with Gasteiger partial charge in [0.05, 0.1) is 10.9 Å². The van der Waals surface area contributed by atoms with Gasteiger partial charge in [-0.05, 0) is 48.9 Å². The van der Waals surface area contributed by atoms with E-state index in [-0.39, 0.29) is 16.9 Å². The Kier molecular flexibility index (Phi) is 5.93. The molecule has 0 radical (unpaired) electrons. The van der Waals surface area contributed by atoms with Crippen molar-refractivity contribution in [3.63, 3.8) is 0 Å². The monoisotopic (exact) mass is 421 g/mol. The van der Waals surface area contributed by atoms with E-state index in [0.717, 1.165) is 0 Å². The lowest BCUT2D eigenvalue weighted by atomic mass is 10.0. The van der Waals surface area contributed by atoms with Crippen LogP contribution in [0.25, 0.3) is 0 Å². The molecule has 6 nitrogen and oxygen atoms in total. The number of aryl methyl sites for hydroxylation is 1. The van der Waals surface area contributed by atoms with Gasteiger partial charge in [0.1, 0.15) is 11.6 Å². The first-order valence-electron chi connectivity index (χ1n) is 8.33. The second-order valence-electron chi connectivity index (χ2n) is 6.21. The second-order valence-corrected chi connectivity index (χ2v) is 8.36. The van der Waals surface area contributed by atoms with Crippen molar-refractivity contribution in [3.05, 3.63) is 92.9 Å². The second kappa shape index (κ2) is 8.22. The summed E-state index contributed by atoms with van der Waals surface area (Å²) in [6.07, 6.45) is 0.114. The SMILES string of the molecule is Cc1nc(C[C@@H](NS(=O)(=O)c2ccc(Cl)cc2)c2ccc(F)cc2)cc(=O)[nH]1. The van der Waals surface area contributed by atoms with Crippen LogP contribution in [-0.2, 0) is 16.4 Å². The van der Waals surface area contributed by atoms with Crippen LogP contribution in [-0.4, -0.2) is 18.4 Å². The highest BCUT2D eigenvalue weighted by molar-refractivity contribution is 7.89. The Balaban J connectivity index is 1.97. The maximum Gasteiger partial charge on any atom is 0.251 e. The number of aromatic nitrogens is 2. The van der Waals surface area contributed by atoms with E-state index in [1.54, 1.807) is 6.92 Å². The van der Waals surface area contributed by atoms with Gasteiger partial charge >= 0.3 is 0 Å². The predicted octanol–water partition coefficient (Wildman–Crippen LogP) is 3.13. The molecule has 3 aromatic rings. The molecule has 1 heterocycles. The van der Waals surface area contributed by atoms with Crippen molar-refractivity contribution in [2.24, 2.45) is 0 Å². The molecule has 28 heavy (non-hydrogen) atoms. The van der Waals surface area contributed by atoms with Gasteiger partial charge in [-0.3, -0.25) is 4.79 Å². The average Bonchev–Trinajstić information content (AvgIpc) is 2.61. The Morgan fingerprint density at radius 2 is 1.79 bits per heavy atom. The zero-order chi connectivity index (χ0) is 20.3. The van der Waals surface area contributed by atoms with Gasteiger partial charge in [0.2, 0.25) is 10.0 Å². The summed E-state index contributed by atoms with van der Waals surface area (Å²) in [6.45, 7) is 1.63. The molecule has 0 saturated carbocycles. The molecule has 1 aromatic heterocycles. The lowest BCUT2D eigenvalue weighted by molar-refractivity contribution is 0.551. The Hall–Kier alpha value is -2.55. The molecule has 3 rings (SSSR count). The molecular weight excluding hydrogens is 405 g/mol. The Bertz CT molecular complexity index is 1130. The summed E-state index contributed by atoms with van der Waals surface area (Å²) in [7, 11) is -3.89. The van der Waals surface area contributed by atoms with E-state index >= 15 is 0 Å². The van der Waals surface area contributed by atoms with Gasteiger partial charge in [0, 0.05) is 23.2 Å². The van der Waals surface area contributed by atoms with E-state index in [4.69, 9.17) is 11.6 Å². The molecule has 0 unspecified atom stereocenters. The van der Waals surface area contributed by atoms with Crippen molar-refractivity contribution in [2.75, 3.05) is 0 Å². The normalized spacial score (nSPS) is 12.7. The van der Waals surface area contributed by atoms with Gasteiger partial charge < -0.3 is 4.98 Å². The molecule has 0 fully saturated rings. The molecule has 2 N–H and O–H groups in total. The smallest absolute Gasteiger partial charge is 0.251 e. The van der Waals surface area contributed by atoms with E-state index in [0.29, 0.717) is 22.1 Å².